The number of hydrogen-bond acceptors (Lipinski definition) is 3. The third kappa shape index (κ3) is 3.64. The van der Waals surface area contributed by atoms with Gasteiger partial charge in [0.15, 0.2) is 0 Å². The van der Waals surface area contributed by atoms with Crippen LogP contribution in [-0.2, 0) is 21.2 Å². The molecule has 1 amide bonds. The number of rotatable bonds is 4. The van der Waals surface area contributed by atoms with Crippen LogP contribution in [0, 0.1) is 5.92 Å². The molecule has 0 aromatic heterocycles. The van der Waals surface area contributed by atoms with Gasteiger partial charge in [-0.15, -0.1) is 0 Å². The largest absolute Gasteiger partial charge is 0.312 e. The topological polar surface area (TPSA) is 57.7 Å². The standard InChI is InChI=1S/C21H24N2O3S/c24-21(23-15-12-18-6-4-5-9-20(18)23)16-17-10-13-22(14-11-17)27(25,26)19-7-2-1-3-8-19/h1-9,17H,10-16H2. The minimum absolute atomic E-state index is 0.157. The average Bonchev–Trinajstić information content (AvgIpc) is 3.13. The zero-order chi connectivity index (χ0) is 18.9. The lowest BCUT2D eigenvalue weighted by molar-refractivity contribution is -0.119. The summed E-state index contributed by atoms with van der Waals surface area (Å²) in [6, 6.07) is 16.6. The summed E-state index contributed by atoms with van der Waals surface area (Å²) >= 11 is 0. The van der Waals surface area contributed by atoms with Gasteiger partial charge < -0.3 is 4.90 Å². The molecule has 0 aliphatic carbocycles. The summed E-state index contributed by atoms with van der Waals surface area (Å²) in [6.45, 7) is 1.71. The first-order chi connectivity index (χ1) is 13.1. The van der Waals surface area contributed by atoms with E-state index in [1.165, 1.54) is 5.56 Å². The van der Waals surface area contributed by atoms with Crippen molar-refractivity contribution >= 4 is 21.6 Å². The van der Waals surface area contributed by atoms with Crippen LogP contribution in [0.3, 0.4) is 0 Å². The van der Waals surface area contributed by atoms with E-state index in [9.17, 15) is 13.2 Å². The SMILES string of the molecule is O=C(CC1CCN(S(=O)(=O)c2ccccc2)CC1)N1CCc2ccccc21. The van der Waals surface area contributed by atoms with Crippen molar-refractivity contribution in [1.82, 2.24) is 4.31 Å². The van der Waals surface area contributed by atoms with E-state index >= 15 is 0 Å². The predicted octanol–water partition coefficient (Wildman–Crippen LogP) is 3.07. The van der Waals surface area contributed by atoms with Crippen LogP contribution in [0.2, 0.25) is 0 Å². The number of amides is 1. The highest BCUT2D eigenvalue weighted by Gasteiger charge is 2.32. The lowest BCUT2D eigenvalue weighted by Crippen LogP contribution is -2.40. The van der Waals surface area contributed by atoms with E-state index in [4.69, 9.17) is 0 Å². The van der Waals surface area contributed by atoms with E-state index in [2.05, 4.69) is 6.07 Å². The minimum Gasteiger partial charge on any atom is -0.312 e. The zero-order valence-electron chi connectivity index (χ0n) is 15.3. The number of para-hydroxylation sites is 1. The summed E-state index contributed by atoms with van der Waals surface area (Å²) < 4.78 is 27.0. The summed E-state index contributed by atoms with van der Waals surface area (Å²) in [6.07, 6.45) is 2.86. The van der Waals surface area contributed by atoms with Gasteiger partial charge in [0.1, 0.15) is 0 Å². The Morgan fingerprint density at radius 3 is 2.33 bits per heavy atom. The lowest BCUT2D eigenvalue weighted by Gasteiger charge is -2.31. The van der Waals surface area contributed by atoms with Gasteiger partial charge in [0, 0.05) is 31.7 Å². The van der Waals surface area contributed by atoms with Gasteiger partial charge in [-0.05, 0) is 48.9 Å². The average molecular weight is 385 g/mol. The van der Waals surface area contributed by atoms with Crippen LogP contribution in [0.4, 0.5) is 5.69 Å². The molecular formula is C21H24N2O3S. The summed E-state index contributed by atoms with van der Waals surface area (Å²) in [5.74, 6) is 0.400. The Labute approximate surface area is 160 Å². The van der Waals surface area contributed by atoms with Gasteiger partial charge in [-0.25, -0.2) is 8.42 Å². The van der Waals surface area contributed by atoms with Crippen molar-refractivity contribution in [2.24, 2.45) is 5.92 Å². The fourth-order valence-corrected chi connectivity index (χ4v) is 5.54. The third-order valence-electron chi connectivity index (χ3n) is 5.61. The summed E-state index contributed by atoms with van der Waals surface area (Å²) in [5, 5.41) is 0. The number of hydrogen-bond donors (Lipinski definition) is 0. The normalized spacial score (nSPS) is 18.4. The van der Waals surface area contributed by atoms with Crippen LogP contribution in [0.5, 0.6) is 0 Å². The number of sulfonamides is 1. The first-order valence-corrected chi connectivity index (χ1v) is 10.9. The van der Waals surface area contributed by atoms with Gasteiger partial charge in [-0.2, -0.15) is 4.31 Å². The number of carbonyl (C=O) groups is 1. The van der Waals surface area contributed by atoms with E-state index in [1.807, 2.05) is 29.2 Å². The second kappa shape index (κ2) is 7.44. The first kappa shape index (κ1) is 18.2. The van der Waals surface area contributed by atoms with Gasteiger partial charge in [-0.3, -0.25) is 4.79 Å². The molecule has 2 aromatic rings. The summed E-state index contributed by atoms with van der Waals surface area (Å²) in [4.78, 5) is 15.0. The second-order valence-corrected chi connectivity index (χ2v) is 9.23. The Hall–Kier alpha value is -2.18. The molecule has 2 heterocycles. The third-order valence-corrected chi connectivity index (χ3v) is 7.52. The van der Waals surface area contributed by atoms with Gasteiger partial charge in [0.2, 0.25) is 15.9 Å². The van der Waals surface area contributed by atoms with Crippen LogP contribution in [0.25, 0.3) is 0 Å². The lowest BCUT2D eigenvalue weighted by atomic mass is 9.94. The Balaban J connectivity index is 1.36. The maximum Gasteiger partial charge on any atom is 0.243 e. The van der Waals surface area contributed by atoms with E-state index in [1.54, 1.807) is 28.6 Å². The Morgan fingerprint density at radius 2 is 1.59 bits per heavy atom. The monoisotopic (exact) mass is 384 g/mol. The smallest absolute Gasteiger partial charge is 0.243 e. The van der Waals surface area contributed by atoms with E-state index in [0.29, 0.717) is 24.4 Å². The Kier molecular flexibility index (Phi) is 5.02. The Bertz CT molecular complexity index is 919. The van der Waals surface area contributed by atoms with Gasteiger partial charge in [0.05, 0.1) is 4.90 Å². The van der Waals surface area contributed by atoms with Crippen molar-refractivity contribution in [2.45, 2.75) is 30.6 Å². The molecule has 2 aromatic carbocycles. The molecule has 1 saturated heterocycles. The molecule has 142 valence electrons. The van der Waals surface area contributed by atoms with Crippen LogP contribution < -0.4 is 4.90 Å². The maximum atomic E-state index is 12.8. The molecule has 27 heavy (non-hydrogen) atoms. The number of fused-ring (bicyclic) bond motifs is 1. The molecule has 1 fully saturated rings. The molecule has 0 spiro atoms. The molecule has 0 saturated carbocycles. The molecule has 0 unspecified atom stereocenters. The van der Waals surface area contributed by atoms with E-state index in [-0.39, 0.29) is 11.8 Å². The number of carbonyl (C=O) groups excluding carboxylic acids is 1. The molecule has 4 rings (SSSR count). The van der Waals surface area contributed by atoms with Crippen molar-refractivity contribution in [1.29, 1.82) is 0 Å². The quantitative estimate of drug-likeness (QED) is 0.814. The highest BCUT2D eigenvalue weighted by atomic mass is 32.2. The molecule has 0 radical (unpaired) electrons. The van der Waals surface area contributed by atoms with Crippen molar-refractivity contribution in [3.63, 3.8) is 0 Å². The Morgan fingerprint density at radius 1 is 0.926 bits per heavy atom. The van der Waals surface area contributed by atoms with Gasteiger partial charge >= 0.3 is 0 Å². The van der Waals surface area contributed by atoms with Crippen molar-refractivity contribution in [3.05, 3.63) is 60.2 Å². The van der Waals surface area contributed by atoms with Gasteiger partial charge in [-0.1, -0.05) is 36.4 Å². The number of nitrogens with zero attached hydrogens (tertiary/aromatic N) is 2. The highest BCUT2D eigenvalue weighted by molar-refractivity contribution is 7.89. The van der Waals surface area contributed by atoms with Crippen molar-refractivity contribution in [3.8, 4) is 0 Å². The van der Waals surface area contributed by atoms with Crippen LogP contribution >= 0.6 is 0 Å². The summed E-state index contributed by atoms with van der Waals surface area (Å²) in [7, 11) is -3.43. The molecule has 0 bridgehead atoms. The van der Waals surface area contributed by atoms with Crippen LogP contribution in [-0.4, -0.2) is 38.3 Å². The second-order valence-electron chi connectivity index (χ2n) is 7.29. The molecule has 2 aliphatic heterocycles. The van der Waals surface area contributed by atoms with E-state index < -0.39 is 10.0 Å². The van der Waals surface area contributed by atoms with E-state index in [0.717, 1.165) is 31.5 Å². The predicted molar refractivity (Wildman–Crippen MR) is 105 cm³/mol. The molecule has 6 heteroatoms. The van der Waals surface area contributed by atoms with Crippen LogP contribution in [0.15, 0.2) is 59.5 Å². The van der Waals surface area contributed by atoms with Crippen molar-refractivity contribution < 1.29 is 13.2 Å². The molecular weight excluding hydrogens is 360 g/mol. The van der Waals surface area contributed by atoms with Crippen molar-refractivity contribution in [2.75, 3.05) is 24.5 Å². The fraction of sp³-hybridized carbons (Fsp3) is 0.381. The van der Waals surface area contributed by atoms with Crippen LogP contribution in [0.1, 0.15) is 24.8 Å². The number of anilines is 1. The summed E-state index contributed by atoms with van der Waals surface area (Å²) in [5.41, 5.74) is 2.27. The fourth-order valence-electron chi connectivity index (χ4n) is 4.05. The number of benzene rings is 2. The molecule has 0 atom stereocenters. The molecule has 2 aliphatic rings. The first-order valence-electron chi connectivity index (χ1n) is 9.49. The maximum absolute atomic E-state index is 12.8. The minimum atomic E-state index is -3.43. The molecule has 0 N–H and O–H groups in total. The number of piperidine rings is 1. The zero-order valence-corrected chi connectivity index (χ0v) is 16.1. The highest BCUT2D eigenvalue weighted by Crippen LogP contribution is 2.31. The van der Waals surface area contributed by atoms with Gasteiger partial charge in [0.25, 0.3) is 0 Å². The molecule has 5 nitrogen and oxygen atoms in total.